The molecule has 0 radical (unpaired) electrons. The van der Waals surface area contributed by atoms with Crippen molar-refractivity contribution in [3.8, 4) is 0 Å². The van der Waals surface area contributed by atoms with E-state index in [0.29, 0.717) is 24.6 Å². The third-order valence-corrected chi connectivity index (χ3v) is 6.61. The molecule has 2 aliphatic heterocycles. The molecule has 1 saturated carbocycles. The molecule has 1 spiro atoms. The highest BCUT2D eigenvalue weighted by atomic mass is 19.4. The highest BCUT2D eigenvalue weighted by Crippen LogP contribution is 2.35. The highest BCUT2D eigenvalue weighted by Gasteiger charge is 2.57. The van der Waals surface area contributed by atoms with Crippen LogP contribution in [0.4, 0.5) is 22.0 Å². The molecule has 188 valence electrons. The summed E-state index contributed by atoms with van der Waals surface area (Å²) in [5, 5.41) is 10.2. The van der Waals surface area contributed by atoms with Gasteiger partial charge in [-0.05, 0) is 49.3 Å². The van der Waals surface area contributed by atoms with Crippen LogP contribution in [0.5, 0.6) is 0 Å². The van der Waals surface area contributed by atoms with E-state index in [1.54, 1.807) is 9.80 Å². The molecule has 1 aliphatic carbocycles. The molecule has 7 nitrogen and oxygen atoms in total. The Balaban J connectivity index is 0.000000406. The summed E-state index contributed by atoms with van der Waals surface area (Å²) in [6.45, 7) is 3.21. The van der Waals surface area contributed by atoms with Crippen LogP contribution in [0.25, 0.3) is 0 Å². The molecule has 0 unspecified atom stereocenters. The van der Waals surface area contributed by atoms with Gasteiger partial charge in [-0.3, -0.25) is 9.59 Å². The summed E-state index contributed by atoms with van der Waals surface area (Å²) < 4.78 is 58.5. The molecule has 2 saturated heterocycles. The molecule has 12 heteroatoms. The van der Waals surface area contributed by atoms with Crippen molar-refractivity contribution in [3.05, 3.63) is 35.4 Å². The number of nitrogens with zero attached hydrogens (tertiary/aromatic N) is 2. The van der Waals surface area contributed by atoms with Crippen LogP contribution < -0.4 is 5.32 Å². The minimum atomic E-state index is -5.08. The summed E-state index contributed by atoms with van der Waals surface area (Å²) in [6, 6.07) is 3.75. The number of rotatable bonds is 3. The molecular formula is C22H26F5N3O4. The lowest BCUT2D eigenvalue weighted by atomic mass is 9.81. The highest BCUT2D eigenvalue weighted by molar-refractivity contribution is 5.99. The predicted octanol–water partition coefficient (Wildman–Crippen LogP) is 2.69. The molecule has 2 N–H and O–H groups in total. The first kappa shape index (κ1) is 25.9. The summed E-state index contributed by atoms with van der Waals surface area (Å²) in [4.78, 5) is 38.5. The first-order chi connectivity index (χ1) is 15.8. The quantitative estimate of drug-likeness (QED) is 0.635. The van der Waals surface area contributed by atoms with Crippen LogP contribution in [-0.4, -0.2) is 70.1 Å². The SMILES string of the molecule is CC1CCC(N2CC(=O)N(Cc3ccc(F)c(F)c3)C3(CNC3)C2=O)CC1.O=C(O)C(F)(F)F. The molecule has 2 heterocycles. The number of amides is 2. The van der Waals surface area contributed by atoms with Gasteiger partial charge in [0.15, 0.2) is 11.6 Å². The molecule has 0 aromatic heterocycles. The molecule has 0 atom stereocenters. The summed E-state index contributed by atoms with van der Waals surface area (Å²) in [5.41, 5.74) is -0.412. The maximum Gasteiger partial charge on any atom is 0.490 e. The van der Waals surface area contributed by atoms with Gasteiger partial charge in [0.25, 0.3) is 5.91 Å². The molecule has 0 bridgehead atoms. The van der Waals surface area contributed by atoms with Gasteiger partial charge in [-0.15, -0.1) is 0 Å². The summed E-state index contributed by atoms with van der Waals surface area (Å²) in [5.74, 6) is -4.09. The average molecular weight is 491 g/mol. The van der Waals surface area contributed by atoms with Gasteiger partial charge < -0.3 is 20.2 Å². The molecule has 1 aromatic rings. The molecule has 2 amide bonds. The van der Waals surface area contributed by atoms with Gasteiger partial charge in [0.2, 0.25) is 5.91 Å². The lowest BCUT2D eigenvalue weighted by Gasteiger charge is -2.56. The zero-order valence-corrected chi connectivity index (χ0v) is 18.5. The van der Waals surface area contributed by atoms with Gasteiger partial charge in [0.05, 0.1) is 0 Å². The Morgan fingerprint density at radius 2 is 1.71 bits per heavy atom. The van der Waals surface area contributed by atoms with Gasteiger partial charge in [-0.1, -0.05) is 13.0 Å². The fourth-order valence-electron chi connectivity index (χ4n) is 4.54. The second-order valence-corrected chi connectivity index (χ2v) is 9.01. The lowest BCUT2D eigenvalue weighted by molar-refractivity contribution is -0.192. The fraction of sp³-hybridized carbons (Fsp3) is 0.591. The second-order valence-electron chi connectivity index (χ2n) is 9.01. The van der Waals surface area contributed by atoms with E-state index in [0.717, 1.165) is 37.8 Å². The number of alkyl halides is 3. The molecule has 3 aliphatic rings. The van der Waals surface area contributed by atoms with Crippen LogP contribution in [0.2, 0.25) is 0 Å². The van der Waals surface area contributed by atoms with Crippen LogP contribution in [0.1, 0.15) is 38.2 Å². The fourth-order valence-corrected chi connectivity index (χ4v) is 4.54. The van der Waals surface area contributed by atoms with E-state index in [4.69, 9.17) is 9.90 Å². The van der Waals surface area contributed by atoms with Crippen LogP contribution in [0.3, 0.4) is 0 Å². The minimum absolute atomic E-state index is 0.0111. The number of carboxylic acid groups (broad SMARTS) is 1. The molecule has 1 aromatic carbocycles. The Labute approximate surface area is 192 Å². The first-order valence-electron chi connectivity index (χ1n) is 10.9. The van der Waals surface area contributed by atoms with Crippen LogP contribution in [0.15, 0.2) is 18.2 Å². The van der Waals surface area contributed by atoms with E-state index >= 15 is 0 Å². The smallest absolute Gasteiger partial charge is 0.475 e. The Bertz CT molecular complexity index is 943. The van der Waals surface area contributed by atoms with Gasteiger partial charge >= 0.3 is 12.1 Å². The first-order valence-corrected chi connectivity index (χ1v) is 10.9. The number of nitrogens with one attached hydrogen (secondary N) is 1. The number of benzene rings is 1. The summed E-state index contributed by atoms with van der Waals surface area (Å²) >= 11 is 0. The van der Waals surface area contributed by atoms with Gasteiger partial charge in [0, 0.05) is 25.7 Å². The topological polar surface area (TPSA) is 90.0 Å². The van der Waals surface area contributed by atoms with Gasteiger partial charge in [-0.25, -0.2) is 13.6 Å². The van der Waals surface area contributed by atoms with Crippen molar-refractivity contribution in [2.75, 3.05) is 19.6 Å². The number of hydrogen-bond acceptors (Lipinski definition) is 4. The lowest BCUT2D eigenvalue weighted by Crippen LogP contribution is -2.80. The summed E-state index contributed by atoms with van der Waals surface area (Å²) in [7, 11) is 0. The maximum atomic E-state index is 13.6. The number of carbonyl (C=O) groups excluding carboxylic acids is 2. The average Bonchev–Trinajstić information content (AvgIpc) is 2.72. The minimum Gasteiger partial charge on any atom is -0.475 e. The number of hydrogen-bond donors (Lipinski definition) is 2. The molecule has 4 rings (SSSR count). The third kappa shape index (κ3) is 5.31. The molecule has 34 heavy (non-hydrogen) atoms. The Kier molecular flexibility index (Phi) is 7.49. The molecule has 3 fully saturated rings. The number of aliphatic carboxylic acids is 1. The Morgan fingerprint density at radius 1 is 1.12 bits per heavy atom. The largest absolute Gasteiger partial charge is 0.490 e. The van der Waals surface area contributed by atoms with E-state index in [9.17, 15) is 31.5 Å². The maximum absolute atomic E-state index is 13.6. The predicted molar refractivity (Wildman–Crippen MR) is 109 cm³/mol. The van der Waals surface area contributed by atoms with Crippen LogP contribution >= 0.6 is 0 Å². The van der Waals surface area contributed by atoms with Crippen molar-refractivity contribution in [1.82, 2.24) is 15.1 Å². The number of halogens is 5. The standard InChI is InChI=1S/C20H25F2N3O2.C2HF3O2/c1-13-2-5-15(6-3-13)24-10-18(26)25(20(19(24)27)11-23-12-20)9-14-4-7-16(21)17(22)8-14;3-2(4,5)1(6)7/h4,7-8,13,15,23H,2-3,5-6,9-12H2,1H3;(H,6,7). The van der Waals surface area contributed by atoms with E-state index in [2.05, 4.69) is 12.2 Å². The van der Waals surface area contributed by atoms with E-state index in [1.807, 2.05) is 0 Å². The van der Waals surface area contributed by atoms with E-state index < -0.39 is 29.3 Å². The van der Waals surface area contributed by atoms with Gasteiger partial charge in [0.1, 0.15) is 12.1 Å². The Hall–Kier alpha value is -2.76. The van der Waals surface area contributed by atoms with Crippen molar-refractivity contribution >= 4 is 17.8 Å². The zero-order chi connectivity index (χ0) is 25.3. The number of carbonyl (C=O) groups is 3. The monoisotopic (exact) mass is 491 g/mol. The van der Waals surface area contributed by atoms with E-state index in [-0.39, 0.29) is 30.9 Å². The van der Waals surface area contributed by atoms with Crippen molar-refractivity contribution in [1.29, 1.82) is 0 Å². The van der Waals surface area contributed by atoms with Crippen LogP contribution in [-0.2, 0) is 20.9 Å². The van der Waals surface area contributed by atoms with Crippen molar-refractivity contribution in [2.24, 2.45) is 5.92 Å². The normalized spacial score (nSPS) is 24.4. The third-order valence-electron chi connectivity index (χ3n) is 6.61. The van der Waals surface area contributed by atoms with Crippen molar-refractivity contribution in [2.45, 2.75) is 56.9 Å². The van der Waals surface area contributed by atoms with Crippen molar-refractivity contribution < 1.29 is 41.4 Å². The Morgan fingerprint density at radius 3 is 2.18 bits per heavy atom. The number of carboxylic acids is 1. The zero-order valence-electron chi connectivity index (χ0n) is 18.5. The molecular weight excluding hydrogens is 465 g/mol. The number of piperazine rings is 1. The van der Waals surface area contributed by atoms with Crippen molar-refractivity contribution in [3.63, 3.8) is 0 Å². The second kappa shape index (κ2) is 9.85. The van der Waals surface area contributed by atoms with Crippen LogP contribution in [0, 0.1) is 17.6 Å². The van der Waals surface area contributed by atoms with E-state index in [1.165, 1.54) is 6.07 Å². The summed E-state index contributed by atoms with van der Waals surface area (Å²) in [6.07, 6.45) is -1.06. The van der Waals surface area contributed by atoms with Gasteiger partial charge in [-0.2, -0.15) is 13.2 Å².